The molecule has 0 aromatic heterocycles. The summed E-state index contributed by atoms with van der Waals surface area (Å²) in [5.41, 5.74) is 10.3. The maximum atomic E-state index is 10.7. The summed E-state index contributed by atoms with van der Waals surface area (Å²) in [6.45, 7) is 0. The molecule has 0 radical (unpaired) electrons. The van der Waals surface area contributed by atoms with Crippen LogP contribution in [-0.4, -0.2) is 23.6 Å². The number of rotatable bonds is 3. The lowest BCUT2D eigenvalue weighted by atomic mass is 10.1. The van der Waals surface area contributed by atoms with Gasteiger partial charge in [-0.15, -0.1) is 23.2 Å². The quantitative estimate of drug-likeness (QED) is 0.806. The molecule has 0 unspecified atom stereocenters. The van der Waals surface area contributed by atoms with Crippen LogP contribution in [0.25, 0.3) is 0 Å². The minimum atomic E-state index is -0.649. The first-order valence-electron chi connectivity index (χ1n) is 4.35. The number of halogens is 2. The Hall–Kier alpha value is -1.26. The Kier molecular flexibility index (Phi) is 7.33. The number of alkyl halides is 2. The molecule has 0 spiro atoms. The van der Waals surface area contributed by atoms with Crippen molar-refractivity contribution in [1.29, 1.82) is 0 Å². The molecule has 0 aliphatic rings. The van der Waals surface area contributed by atoms with E-state index in [1.54, 1.807) is 12.1 Å². The molecule has 1 aromatic rings. The van der Waals surface area contributed by atoms with Gasteiger partial charge in [-0.2, -0.15) is 0 Å². The number of amides is 2. The fourth-order valence-electron chi connectivity index (χ4n) is 0.913. The van der Waals surface area contributed by atoms with E-state index in [0.717, 1.165) is 0 Å². The van der Waals surface area contributed by atoms with E-state index in [2.05, 4.69) is 0 Å². The van der Waals surface area contributed by atoms with E-state index in [4.69, 9.17) is 34.7 Å². The Labute approximate surface area is 104 Å². The van der Waals surface area contributed by atoms with Gasteiger partial charge in [0.05, 0.1) is 11.1 Å². The van der Waals surface area contributed by atoms with Crippen molar-refractivity contribution in [3.63, 3.8) is 0 Å². The van der Waals surface area contributed by atoms with Crippen molar-refractivity contribution in [3.05, 3.63) is 35.4 Å². The number of hydrogen-bond acceptors (Lipinski definition) is 2. The molecule has 2 amide bonds. The molecule has 0 bridgehead atoms. The van der Waals surface area contributed by atoms with Gasteiger partial charge in [-0.1, -0.05) is 12.1 Å². The number of nitrogens with two attached hydrogens (primary N) is 2. The van der Waals surface area contributed by atoms with Gasteiger partial charge in [-0.3, -0.25) is 9.59 Å². The van der Waals surface area contributed by atoms with Gasteiger partial charge in [0.15, 0.2) is 0 Å². The van der Waals surface area contributed by atoms with Crippen molar-refractivity contribution in [2.75, 3.05) is 11.8 Å². The van der Waals surface area contributed by atoms with Gasteiger partial charge >= 0.3 is 0 Å². The molecule has 0 fully saturated rings. The van der Waals surface area contributed by atoms with Crippen molar-refractivity contribution in [1.82, 2.24) is 0 Å². The highest BCUT2D eigenvalue weighted by atomic mass is 35.5. The van der Waals surface area contributed by atoms with Crippen LogP contribution in [0.3, 0.4) is 0 Å². The molecular formula is C10H12Cl2N2O2. The zero-order chi connectivity index (χ0) is 12.6. The Morgan fingerprint density at radius 1 is 0.938 bits per heavy atom. The van der Waals surface area contributed by atoms with Crippen molar-refractivity contribution in [3.8, 4) is 0 Å². The van der Waals surface area contributed by atoms with Crippen LogP contribution in [-0.2, 0) is 0 Å². The molecular weight excluding hydrogens is 251 g/mol. The molecule has 4 N–H and O–H groups in total. The molecule has 0 aliphatic carbocycles. The Morgan fingerprint density at radius 3 is 1.44 bits per heavy atom. The predicted octanol–water partition coefficient (Wildman–Crippen LogP) is 1.35. The zero-order valence-corrected chi connectivity index (χ0v) is 9.96. The summed E-state index contributed by atoms with van der Waals surface area (Å²) >= 11 is 10.1. The Morgan fingerprint density at radius 2 is 1.25 bits per heavy atom. The van der Waals surface area contributed by atoms with Gasteiger partial charge in [0.1, 0.15) is 0 Å². The average Bonchev–Trinajstić information content (AvgIpc) is 2.29. The molecule has 1 aromatic carbocycles. The molecule has 0 atom stereocenters. The van der Waals surface area contributed by atoms with Gasteiger partial charge < -0.3 is 11.5 Å². The average molecular weight is 263 g/mol. The second kappa shape index (κ2) is 7.96. The van der Waals surface area contributed by atoms with Crippen LogP contribution in [0.5, 0.6) is 0 Å². The molecule has 4 nitrogen and oxygen atoms in total. The smallest absolute Gasteiger partial charge is 0.249 e. The minimum Gasteiger partial charge on any atom is -0.366 e. The van der Waals surface area contributed by atoms with Crippen molar-refractivity contribution in [2.24, 2.45) is 11.5 Å². The standard InChI is InChI=1S/C8H8N2O2.C2H4Cl2/c9-7(11)5-3-1-2-4-6(5)8(10)12;3-1-2-4/h1-4H,(H2,9,11)(H2,10,12);1-2H2. The SMILES string of the molecule is ClCCCl.NC(=O)c1ccccc1C(N)=O. The molecule has 16 heavy (non-hydrogen) atoms. The van der Waals surface area contributed by atoms with Crippen LogP contribution < -0.4 is 11.5 Å². The number of primary amides is 2. The van der Waals surface area contributed by atoms with Gasteiger partial charge in [0.2, 0.25) is 11.8 Å². The summed E-state index contributed by atoms with van der Waals surface area (Å²) in [5.74, 6) is -0.183. The van der Waals surface area contributed by atoms with E-state index in [-0.39, 0.29) is 11.1 Å². The summed E-state index contributed by atoms with van der Waals surface area (Å²) in [7, 11) is 0. The van der Waals surface area contributed by atoms with Crippen LogP contribution in [0.2, 0.25) is 0 Å². The highest BCUT2D eigenvalue weighted by Gasteiger charge is 2.10. The Bertz CT molecular complexity index is 335. The summed E-state index contributed by atoms with van der Waals surface area (Å²) in [6, 6.07) is 6.16. The third kappa shape index (κ3) is 5.00. The van der Waals surface area contributed by atoms with E-state index < -0.39 is 11.8 Å². The third-order valence-electron chi connectivity index (χ3n) is 1.53. The molecule has 0 heterocycles. The van der Waals surface area contributed by atoms with Crippen molar-refractivity contribution < 1.29 is 9.59 Å². The lowest BCUT2D eigenvalue weighted by Gasteiger charge is -2.00. The first-order chi connectivity index (χ1) is 7.54. The lowest BCUT2D eigenvalue weighted by molar-refractivity contribution is 0.0967. The second-order valence-electron chi connectivity index (χ2n) is 2.65. The molecule has 1 rings (SSSR count). The maximum Gasteiger partial charge on any atom is 0.249 e. The van der Waals surface area contributed by atoms with Gasteiger partial charge in [-0.05, 0) is 12.1 Å². The number of hydrogen-bond donors (Lipinski definition) is 2. The van der Waals surface area contributed by atoms with Crippen molar-refractivity contribution in [2.45, 2.75) is 0 Å². The van der Waals surface area contributed by atoms with Crippen molar-refractivity contribution >= 4 is 35.0 Å². The summed E-state index contributed by atoms with van der Waals surface area (Å²) in [4.78, 5) is 21.5. The topological polar surface area (TPSA) is 86.2 Å². The predicted molar refractivity (Wildman–Crippen MR) is 64.9 cm³/mol. The second-order valence-corrected chi connectivity index (χ2v) is 3.41. The maximum absolute atomic E-state index is 10.7. The number of carbonyl (C=O) groups is 2. The normalized spacial score (nSPS) is 8.88. The van der Waals surface area contributed by atoms with E-state index in [1.807, 2.05) is 0 Å². The van der Waals surface area contributed by atoms with Crippen LogP contribution >= 0.6 is 23.2 Å². The van der Waals surface area contributed by atoms with Gasteiger partial charge in [-0.25, -0.2) is 0 Å². The fourth-order valence-corrected chi connectivity index (χ4v) is 0.913. The summed E-state index contributed by atoms with van der Waals surface area (Å²) < 4.78 is 0. The van der Waals surface area contributed by atoms with Crippen LogP contribution in [0.1, 0.15) is 20.7 Å². The number of benzene rings is 1. The fraction of sp³-hybridized carbons (Fsp3) is 0.200. The van der Waals surface area contributed by atoms with E-state index in [0.29, 0.717) is 11.8 Å². The zero-order valence-electron chi connectivity index (χ0n) is 8.45. The molecule has 0 aliphatic heterocycles. The van der Waals surface area contributed by atoms with E-state index >= 15 is 0 Å². The summed E-state index contributed by atoms with van der Waals surface area (Å²) in [6.07, 6.45) is 0. The molecule has 6 heteroatoms. The van der Waals surface area contributed by atoms with Gasteiger partial charge in [0, 0.05) is 11.8 Å². The largest absolute Gasteiger partial charge is 0.366 e. The van der Waals surface area contributed by atoms with Gasteiger partial charge in [0.25, 0.3) is 0 Å². The Balaban J connectivity index is 0.000000487. The van der Waals surface area contributed by atoms with Crippen LogP contribution in [0.15, 0.2) is 24.3 Å². The lowest BCUT2D eigenvalue weighted by Crippen LogP contribution is -2.20. The first-order valence-corrected chi connectivity index (χ1v) is 5.42. The molecule has 88 valence electrons. The van der Waals surface area contributed by atoms with Crippen LogP contribution in [0, 0.1) is 0 Å². The number of carbonyl (C=O) groups excluding carboxylic acids is 2. The van der Waals surface area contributed by atoms with Crippen LogP contribution in [0.4, 0.5) is 0 Å². The van der Waals surface area contributed by atoms with E-state index in [1.165, 1.54) is 12.1 Å². The first kappa shape index (κ1) is 14.7. The highest BCUT2D eigenvalue weighted by molar-refractivity contribution is 6.25. The van der Waals surface area contributed by atoms with E-state index in [9.17, 15) is 9.59 Å². The third-order valence-corrected chi connectivity index (χ3v) is 2.10. The molecule has 0 saturated heterocycles. The highest BCUT2D eigenvalue weighted by Crippen LogP contribution is 2.06. The minimum absolute atomic E-state index is 0.157. The monoisotopic (exact) mass is 262 g/mol. The summed E-state index contributed by atoms with van der Waals surface area (Å²) in [5, 5.41) is 0. The molecule has 0 saturated carbocycles.